The molecule has 17 heteroatoms. The third-order valence-electron chi connectivity index (χ3n) is 13.9. The second kappa shape index (κ2) is 45.0. The van der Waals surface area contributed by atoms with Gasteiger partial charge in [0.05, 0.1) is 58.4 Å². The average molecular weight is 1090 g/mol. The highest BCUT2D eigenvalue weighted by molar-refractivity contribution is 5.73. The van der Waals surface area contributed by atoms with E-state index in [-0.39, 0.29) is 115 Å². The smallest absolute Gasteiger partial charge is 0.410 e. The zero-order chi connectivity index (χ0) is 56.1. The Hall–Kier alpha value is -4.96. The van der Waals surface area contributed by atoms with Crippen LogP contribution in [0.4, 0.5) is 10.5 Å². The van der Waals surface area contributed by atoms with E-state index in [9.17, 15) is 33.6 Å². The predicted molar refractivity (Wildman–Crippen MR) is 297 cm³/mol. The number of anilines is 1. The van der Waals surface area contributed by atoms with Crippen molar-refractivity contribution < 1.29 is 66.7 Å². The van der Waals surface area contributed by atoms with Gasteiger partial charge < -0.3 is 38.1 Å². The van der Waals surface area contributed by atoms with E-state index < -0.39 is 42.0 Å². The first-order chi connectivity index (χ1) is 37.4. The van der Waals surface area contributed by atoms with Gasteiger partial charge in [0.25, 0.3) is 0 Å². The highest BCUT2D eigenvalue weighted by Crippen LogP contribution is 2.25. The maximum Gasteiger partial charge on any atom is 0.410 e. The van der Waals surface area contributed by atoms with Crippen molar-refractivity contribution in [1.82, 2.24) is 9.88 Å². The monoisotopic (exact) mass is 1090 g/mol. The van der Waals surface area contributed by atoms with Gasteiger partial charge in [0, 0.05) is 69.1 Å². The summed E-state index contributed by atoms with van der Waals surface area (Å²) in [6.45, 7) is 8.13. The van der Waals surface area contributed by atoms with Gasteiger partial charge >= 0.3 is 41.9 Å². The van der Waals surface area contributed by atoms with Crippen LogP contribution < -0.4 is 4.90 Å². The Morgan fingerprint density at radius 1 is 0.506 bits per heavy atom. The van der Waals surface area contributed by atoms with Gasteiger partial charge in [-0.05, 0) is 37.8 Å². The van der Waals surface area contributed by atoms with Gasteiger partial charge in [-0.3, -0.25) is 38.7 Å². The third kappa shape index (κ3) is 35.2. The first kappa shape index (κ1) is 68.1. The molecule has 2 atom stereocenters. The van der Waals surface area contributed by atoms with Crippen LogP contribution >= 0.6 is 0 Å². The Labute approximate surface area is 462 Å². The molecule has 0 saturated carbocycles. The molecule has 0 spiro atoms. The van der Waals surface area contributed by atoms with Crippen LogP contribution in [0.1, 0.15) is 227 Å². The molecule has 1 aromatic rings. The lowest BCUT2D eigenvalue weighted by Gasteiger charge is -2.25. The van der Waals surface area contributed by atoms with Crippen molar-refractivity contribution in [2.75, 3.05) is 64.7 Å². The summed E-state index contributed by atoms with van der Waals surface area (Å²) in [5, 5.41) is 0. The molecule has 0 bridgehead atoms. The second-order valence-electron chi connectivity index (χ2n) is 21.0. The number of carbonyl (C=O) groups excluding carboxylic acids is 7. The molecular weight excluding hydrogens is 987 g/mol. The molecule has 440 valence electrons. The maximum absolute atomic E-state index is 13.8. The highest BCUT2D eigenvalue weighted by Gasteiger charge is 2.39. The molecular formula is C60H101N3O14. The molecule has 1 aromatic heterocycles. The van der Waals surface area contributed by atoms with E-state index in [1.807, 2.05) is 24.1 Å². The standard InChI is InChI=1S/C60H101N3O14/c1-6-10-14-18-22-26-30-54(64)72-44-49(45-73-55(65)31-27-23-19-15-11-7-2)40-58(68)76-48-52-42-53(43-63(52)60(70)71-39-38-62(5)51-34-36-61-37-35-51)77-59(69)41-50(46-74-56(66)32-28-24-20-16-12-8-3)47-75-57(67)33-29-25-21-17-13-9-4/h34-37,49-50,52-53H,6-33,38-48H2,1-5H3/t52-,53+/m1/s1. The molecule has 2 rings (SSSR count). The fourth-order valence-corrected chi connectivity index (χ4v) is 9.04. The minimum Gasteiger partial charge on any atom is -0.465 e. The number of hydrogen-bond acceptors (Lipinski definition) is 16. The van der Waals surface area contributed by atoms with Gasteiger partial charge in [0.15, 0.2) is 0 Å². The molecule has 77 heavy (non-hydrogen) atoms. The quantitative estimate of drug-likeness (QED) is 0.0338. The lowest BCUT2D eigenvalue weighted by Crippen LogP contribution is -2.40. The molecule has 1 aliphatic heterocycles. The van der Waals surface area contributed by atoms with E-state index in [4.69, 9.17) is 33.2 Å². The lowest BCUT2D eigenvalue weighted by atomic mass is 10.1. The number of nitrogens with zero attached hydrogens (tertiary/aromatic N) is 3. The SMILES string of the molecule is CCCCCCCCC(=O)OCC(COC(=O)CCCCCCCC)CC(=O)OC[C@H]1C[C@H](OC(=O)CC(COC(=O)CCCCCCCC)COC(=O)CCCCCCCC)CN1C(=O)OCCN(C)c1ccncc1. The molecule has 0 aliphatic carbocycles. The van der Waals surface area contributed by atoms with E-state index >= 15 is 0 Å². The molecule has 0 aromatic carbocycles. The van der Waals surface area contributed by atoms with Crippen LogP contribution in [0.3, 0.4) is 0 Å². The number of pyridine rings is 1. The summed E-state index contributed by atoms with van der Waals surface area (Å²) < 4.78 is 39.8. The van der Waals surface area contributed by atoms with Gasteiger partial charge in [-0.2, -0.15) is 0 Å². The minimum absolute atomic E-state index is 0.0266. The number of amides is 1. The molecule has 1 fully saturated rings. The zero-order valence-electron chi connectivity index (χ0n) is 48.3. The van der Waals surface area contributed by atoms with Gasteiger partial charge in [-0.15, -0.1) is 0 Å². The summed E-state index contributed by atoms with van der Waals surface area (Å²) in [7, 11) is 1.86. The van der Waals surface area contributed by atoms with Crippen LogP contribution in [0.25, 0.3) is 0 Å². The summed E-state index contributed by atoms with van der Waals surface area (Å²) in [6.07, 6.45) is 26.8. The van der Waals surface area contributed by atoms with Crippen LogP contribution in [0.2, 0.25) is 0 Å². The van der Waals surface area contributed by atoms with Crippen molar-refractivity contribution in [1.29, 1.82) is 0 Å². The summed E-state index contributed by atoms with van der Waals surface area (Å²) in [5.74, 6) is -4.16. The number of likely N-dealkylation sites (N-methyl/N-ethyl adjacent to an activating group) is 1. The van der Waals surface area contributed by atoms with Crippen molar-refractivity contribution in [2.24, 2.45) is 11.8 Å². The molecule has 2 heterocycles. The molecule has 0 radical (unpaired) electrons. The largest absolute Gasteiger partial charge is 0.465 e. The van der Waals surface area contributed by atoms with Gasteiger partial charge in [-0.1, -0.05) is 156 Å². The van der Waals surface area contributed by atoms with Crippen molar-refractivity contribution in [3.63, 3.8) is 0 Å². The normalized spacial score (nSPS) is 14.1. The van der Waals surface area contributed by atoms with Crippen LogP contribution in [-0.2, 0) is 61.9 Å². The molecule has 0 unspecified atom stereocenters. The summed E-state index contributed by atoms with van der Waals surface area (Å²) in [6, 6.07) is 2.93. The number of carbonyl (C=O) groups is 7. The number of aromatic nitrogens is 1. The average Bonchev–Trinajstić information content (AvgIpc) is 3.83. The zero-order valence-corrected chi connectivity index (χ0v) is 48.3. The topological polar surface area (TPSA) is 203 Å². The third-order valence-corrected chi connectivity index (χ3v) is 13.9. The molecule has 0 N–H and O–H groups in total. The number of esters is 6. The van der Waals surface area contributed by atoms with Crippen molar-refractivity contribution in [3.05, 3.63) is 24.5 Å². The minimum atomic E-state index is -0.811. The van der Waals surface area contributed by atoms with E-state index in [1.54, 1.807) is 12.4 Å². The number of rotatable bonds is 47. The highest BCUT2D eigenvalue weighted by atomic mass is 16.6. The van der Waals surface area contributed by atoms with Gasteiger partial charge in [-0.25, -0.2) is 4.79 Å². The van der Waals surface area contributed by atoms with Crippen LogP contribution in [-0.4, -0.2) is 124 Å². The number of likely N-dealkylation sites (tertiary alicyclic amines) is 1. The number of unbranched alkanes of at least 4 members (excludes halogenated alkanes) is 20. The second-order valence-corrected chi connectivity index (χ2v) is 21.0. The molecule has 1 aliphatic rings. The first-order valence-corrected chi connectivity index (χ1v) is 29.9. The molecule has 1 saturated heterocycles. The van der Waals surface area contributed by atoms with Crippen molar-refractivity contribution in [2.45, 2.75) is 239 Å². The molecule has 17 nitrogen and oxygen atoms in total. The van der Waals surface area contributed by atoms with Crippen LogP contribution in [0.15, 0.2) is 24.5 Å². The van der Waals surface area contributed by atoms with Crippen molar-refractivity contribution in [3.8, 4) is 0 Å². The lowest BCUT2D eigenvalue weighted by molar-refractivity contribution is -0.157. The Bertz CT molecular complexity index is 1690. The van der Waals surface area contributed by atoms with E-state index in [0.29, 0.717) is 32.2 Å². The van der Waals surface area contributed by atoms with E-state index in [0.717, 1.165) is 134 Å². The van der Waals surface area contributed by atoms with Gasteiger partial charge in [0.2, 0.25) is 0 Å². The Morgan fingerprint density at radius 3 is 1.29 bits per heavy atom. The maximum atomic E-state index is 13.8. The summed E-state index contributed by atoms with van der Waals surface area (Å²) in [4.78, 5) is 99.4. The fraction of sp³-hybridized carbons (Fsp3) is 0.800. The Balaban J connectivity index is 2.15. The summed E-state index contributed by atoms with van der Waals surface area (Å²) >= 11 is 0. The van der Waals surface area contributed by atoms with Gasteiger partial charge in [0.1, 0.15) is 19.3 Å². The Kier molecular flexibility index (Phi) is 39.8. The number of hydrogen-bond donors (Lipinski definition) is 0. The molecule has 1 amide bonds. The fourth-order valence-electron chi connectivity index (χ4n) is 9.04. The van der Waals surface area contributed by atoms with Crippen LogP contribution in [0, 0.1) is 11.8 Å². The number of ether oxygens (including phenoxy) is 7. The Morgan fingerprint density at radius 2 is 0.883 bits per heavy atom. The van der Waals surface area contributed by atoms with Crippen molar-refractivity contribution >= 4 is 47.6 Å². The van der Waals surface area contributed by atoms with Crippen LogP contribution in [0.5, 0.6) is 0 Å². The van der Waals surface area contributed by atoms with E-state index in [2.05, 4.69) is 32.7 Å². The first-order valence-electron chi connectivity index (χ1n) is 29.9. The predicted octanol–water partition coefficient (Wildman–Crippen LogP) is 12.4. The summed E-state index contributed by atoms with van der Waals surface area (Å²) in [5.41, 5.74) is 0.880. The van der Waals surface area contributed by atoms with E-state index in [1.165, 1.54) is 4.90 Å².